The number of halogens is 1. The molecule has 106 valence electrons. The molecule has 1 unspecified atom stereocenters. The molecular weight excluding hydrogens is 320 g/mol. The number of nitrogens with one attached hydrogen (secondary N) is 1. The van der Waals surface area contributed by atoms with Gasteiger partial charge in [0.05, 0.1) is 6.04 Å². The van der Waals surface area contributed by atoms with E-state index < -0.39 is 0 Å². The number of benzene rings is 1. The van der Waals surface area contributed by atoms with Crippen LogP contribution in [0.2, 0.25) is 0 Å². The molecule has 0 amide bonds. The zero-order valence-corrected chi connectivity index (χ0v) is 13.1. The predicted molar refractivity (Wildman–Crippen MR) is 80.4 cm³/mol. The van der Waals surface area contributed by atoms with Gasteiger partial charge in [0, 0.05) is 29.7 Å². The van der Waals surface area contributed by atoms with Crippen molar-refractivity contribution >= 4 is 15.9 Å². The Kier molecular flexibility index (Phi) is 3.87. The lowest BCUT2D eigenvalue weighted by molar-refractivity contribution is 0.190. The molecule has 0 bridgehead atoms. The summed E-state index contributed by atoms with van der Waals surface area (Å²) in [6.45, 7) is 4.89. The van der Waals surface area contributed by atoms with E-state index in [2.05, 4.69) is 43.3 Å². The molecule has 20 heavy (non-hydrogen) atoms. The van der Waals surface area contributed by atoms with Crippen molar-refractivity contribution in [1.29, 1.82) is 0 Å². The molecule has 1 saturated heterocycles. The minimum Gasteiger partial charge on any atom is -0.334 e. The van der Waals surface area contributed by atoms with Crippen molar-refractivity contribution in [3.63, 3.8) is 0 Å². The Balaban J connectivity index is 1.91. The summed E-state index contributed by atoms with van der Waals surface area (Å²) in [7, 11) is 2.09. The molecule has 1 aromatic heterocycles. The third kappa shape index (κ3) is 2.63. The normalized spacial score (nSPS) is 20.2. The third-order valence-corrected chi connectivity index (χ3v) is 4.17. The number of aryl methyl sites for hydroxylation is 1. The molecule has 0 radical (unpaired) electrons. The zero-order valence-electron chi connectivity index (χ0n) is 11.6. The van der Waals surface area contributed by atoms with Gasteiger partial charge in [0.2, 0.25) is 0 Å². The molecule has 1 aliphatic rings. The number of aromatic nitrogens is 2. The summed E-state index contributed by atoms with van der Waals surface area (Å²) in [6, 6.07) is 6.23. The average molecular weight is 337 g/mol. The summed E-state index contributed by atoms with van der Waals surface area (Å²) in [4.78, 5) is 6.83. The Morgan fingerprint density at radius 3 is 3.10 bits per heavy atom. The van der Waals surface area contributed by atoms with Gasteiger partial charge in [-0.15, -0.1) is 0 Å². The average Bonchev–Trinajstić information content (AvgIpc) is 2.91. The maximum Gasteiger partial charge on any atom is 0.258 e. The van der Waals surface area contributed by atoms with Crippen molar-refractivity contribution in [3.05, 3.63) is 34.1 Å². The zero-order chi connectivity index (χ0) is 14.1. The lowest BCUT2D eigenvalue weighted by Gasteiger charge is -2.30. The first-order valence-corrected chi connectivity index (χ1v) is 7.45. The standard InChI is InChI=1S/C14H17BrN4O/c1-9-3-4-10(15)7-11(9)14-17-13(18-20-14)12-8-16-5-6-19(12)2/h3-4,7,12,16H,5-6,8H2,1-2H3. The molecule has 1 aromatic carbocycles. The van der Waals surface area contributed by atoms with E-state index in [1.165, 1.54) is 0 Å². The van der Waals surface area contributed by atoms with Crippen LogP contribution < -0.4 is 5.32 Å². The molecule has 0 saturated carbocycles. The second-order valence-electron chi connectivity index (χ2n) is 5.12. The van der Waals surface area contributed by atoms with Crippen LogP contribution in [0.15, 0.2) is 27.2 Å². The molecule has 2 heterocycles. The van der Waals surface area contributed by atoms with Gasteiger partial charge < -0.3 is 9.84 Å². The van der Waals surface area contributed by atoms with Crippen LogP contribution >= 0.6 is 15.9 Å². The molecule has 2 aromatic rings. The second-order valence-corrected chi connectivity index (χ2v) is 6.03. The molecule has 1 N–H and O–H groups in total. The molecular formula is C14H17BrN4O. The predicted octanol–water partition coefficient (Wildman–Crippen LogP) is 2.38. The van der Waals surface area contributed by atoms with Crippen molar-refractivity contribution in [2.75, 3.05) is 26.7 Å². The fourth-order valence-electron chi connectivity index (χ4n) is 2.40. The first-order chi connectivity index (χ1) is 9.65. The van der Waals surface area contributed by atoms with Crippen LogP contribution in [0.4, 0.5) is 0 Å². The first-order valence-electron chi connectivity index (χ1n) is 6.66. The van der Waals surface area contributed by atoms with E-state index in [1.807, 2.05) is 25.1 Å². The fourth-order valence-corrected chi connectivity index (χ4v) is 2.76. The van der Waals surface area contributed by atoms with Crippen molar-refractivity contribution in [2.45, 2.75) is 13.0 Å². The van der Waals surface area contributed by atoms with Crippen LogP contribution in [0, 0.1) is 6.92 Å². The number of nitrogens with zero attached hydrogens (tertiary/aromatic N) is 3. The largest absolute Gasteiger partial charge is 0.334 e. The van der Waals surface area contributed by atoms with Crippen molar-refractivity contribution in [2.24, 2.45) is 0 Å². The smallest absolute Gasteiger partial charge is 0.258 e. The van der Waals surface area contributed by atoms with Crippen molar-refractivity contribution in [1.82, 2.24) is 20.4 Å². The van der Waals surface area contributed by atoms with Crippen LogP contribution in [0.3, 0.4) is 0 Å². The molecule has 5 nitrogen and oxygen atoms in total. The van der Waals surface area contributed by atoms with Gasteiger partial charge in [-0.25, -0.2) is 0 Å². The lowest BCUT2D eigenvalue weighted by atomic mass is 10.1. The van der Waals surface area contributed by atoms with E-state index >= 15 is 0 Å². The Bertz CT molecular complexity index is 613. The monoisotopic (exact) mass is 336 g/mol. The van der Waals surface area contributed by atoms with E-state index in [1.54, 1.807) is 0 Å². The van der Waals surface area contributed by atoms with Crippen LogP contribution in [-0.4, -0.2) is 41.7 Å². The third-order valence-electron chi connectivity index (χ3n) is 3.68. The maximum absolute atomic E-state index is 5.45. The van der Waals surface area contributed by atoms with Crippen molar-refractivity contribution < 1.29 is 4.52 Å². The van der Waals surface area contributed by atoms with Gasteiger partial charge in [0.25, 0.3) is 5.89 Å². The van der Waals surface area contributed by atoms with Crippen LogP contribution in [0.1, 0.15) is 17.4 Å². The van der Waals surface area contributed by atoms with Crippen LogP contribution in [0.25, 0.3) is 11.5 Å². The van der Waals surface area contributed by atoms with E-state index in [9.17, 15) is 0 Å². The molecule has 1 fully saturated rings. The molecule has 1 atom stereocenters. The van der Waals surface area contributed by atoms with Gasteiger partial charge in [-0.3, -0.25) is 4.90 Å². The fraction of sp³-hybridized carbons (Fsp3) is 0.429. The van der Waals surface area contributed by atoms with Gasteiger partial charge in [-0.1, -0.05) is 27.2 Å². The summed E-state index contributed by atoms with van der Waals surface area (Å²) in [6.07, 6.45) is 0. The van der Waals surface area contributed by atoms with Gasteiger partial charge in [0.1, 0.15) is 0 Å². The lowest BCUT2D eigenvalue weighted by Crippen LogP contribution is -2.44. The van der Waals surface area contributed by atoms with Crippen molar-refractivity contribution in [3.8, 4) is 11.5 Å². The highest BCUT2D eigenvalue weighted by atomic mass is 79.9. The summed E-state index contributed by atoms with van der Waals surface area (Å²) < 4.78 is 6.46. The van der Waals surface area contributed by atoms with Gasteiger partial charge in [-0.2, -0.15) is 4.98 Å². The molecule has 6 heteroatoms. The summed E-state index contributed by atoms with van der Waals surface area (Å²) in [5.41, 5.74) is 2.10. The minimum absolute atomic E-state index is 0.175. The second kappa shape index (κ2) is 5.63. The van der Waals surface area contributed by atoms with Crippen LogP contribution in [-0.2, 0) is 0 Å². The molecule has 0 aliphatic carbocycles. The highest BCUT2D eigenvalue weighted by molar-refractivity contribution is 9.10. The Morgan fingerprint density at radius 2 is 2.30 bits per heavy atom. The maximum atomic E-state index is 5.45. The van der Waals surface area contributed by atoms with E-state index in [0.717, 1.165) is 41.1 Å². The number of hydrogen-bond donors (Lipinski definition) is 1. The van der Waals surface area contributed by atoms with Gasteiger partial charge in [-0.05, 0) is 31.7 Å². The number of hydrogen-bond acceptors (Lipinski definition) is 5. The summed E-state index contributed by atoms with van der Waals surface area (Å²) in [5.74, 6) is 1.33. The highest BCUT2D eigenvalue weighted by Gasteiger charge is 2.25. The van der Waals surface area contributed by atoms with E-state index in [0.29, 0.717) is 5.89 Å². The summed E-state index contributed by atoms with van der Waals surface area (Å²) in [5, 5.41) is 7.52. The highest BCUT2D eigenvalue weighted by Crippen LogP contribution is 2.27. The molecule has 0 spiro atoms. The van der Waals surface area contributed by atoms with E-state index in [4.69, 9.17) is 4.52 Å². The Hall–Kier alpha value is -1.24. The van der Waals surface area contributed by atoms with Crippen LogP contribution in [0.5, 0.6) is 0 Å². The molecule has 3 rings (SSSR count). The summed E-state index contributed by atoms with van der Waals surface area (Å²) >= 11 is 3.48. The minimum atomic E-state index is 0.175. The first kappa shape index (κ1) is 13.7. The number of likely N-dealkylation sites (N-methyl/N-ethyl adjacent to an activating group) is 1. The number of rotatable bonds is 2. The SMILES string of the molecule is Cc1ccc(Br)cc1-c1nc(C2CNCCN2C)no1. The number of piperazine rings is 1. The van der Waals surface area contributed by atoms with Gasteiger partial charge in [0.15, 0.2) is 5.82 Å². The Labute approximate surface area is 126 Å². The molecule has 1 aliphatic heterocycles. The Morgan fingerprint density at radius 1 is 1.45 bits per heavy atom. The van der Waals surface area contributed by atoms with E-state index in [-0.39, 0.29) is 6.04 Å². The quantitative estimate of drug-likeness (QED) is 0.912. The van der Waals surface area contributed by atoms with Gasteiger partial charge >= 0.3 is 0 Å². The topological polar surface area (TPSA) is 54.2 Å².